The minimum atomic E-state index is -4.99. The van der Waals surface area contributed by atoms with Gasteiger partial charge in [-0.15, -0.1) is 0 Å². The van der Waals surface area contributed by atoms with E-state index in [2.05, 4.69) is 10.6 Å². The highest BCUT2D eigenvalue weighted by Crippen LogP contribution is 2.39. The van der Waals surface area contributed by atoms with Gasteiger partial charge in [0, 0.05) is 25.3 Å². The predicted octanol–water partition coefficient (Wildman–Crippen LogP) is 4.80. The van der Waals surface area contributed by atoms with Gasteiger partial charge >= 0.3 is 11.2 Å². The van der Waals surface area contributed by atoms with Crippen molar-refractivity contribution in [1.29, 1.82) is 0 Å². The van der Waals surface area contributed by atoms with Gasteiger partial charge in [-0.1, -0.05) is 6.07 Å². The molecule has 2 aromatic rings. The van der Waals surface area contributed by atoms with Crippen molar-refractivity contribution < 1.29 is 55.3 Å². The SMILES string of the molecule is COc1cc(F)c(O[C@H]2CC[C@@](C)(C(=O)O)CC2)cc1C(=O)N[C@]1(C)COCC[C@H]1C(=O)Nc1cccc(S(=O)(=O)C(C)(F)F)c1. The Hall–Kier alpha value is -3.85. The van der Waals surface area contributed by atoms with Crippen molar-refractivity contribution in [3.63, 3.8) is 0 Å². The molecule has 252 valence electrons. The molecule has 0 aromatic heterocycles. The van der Waals surface area contributed by atoms with Crippen LogP contribution in [0.5, 0.6) is 11.5 Å². The minimum Gasteiger partial charge on any atom is -0.496 e. The maximum Gasteiger partial charge on any atom is 0.347 e. The average molecular weight is 671 g/mol. The number of rotatable bonds is 10. The number of methoxy groups -OCH3 is 1. The summed E-state index contributed by atoms with van der Waals surface area (Å²) in [6.07, 6.45) is 1.10. The number of amides is 2. The number of hydrogen-bond donors (Lipinski definition) is 3. The molecule has 4 rings (SSSR count). The van der Waals surface area contributed by atoms with E-state index in [0.29, 0.717) is 25.7 Å². The van der Waals surface area contributed by atoms with Crippen LogP contribution in [-0.4, -0.2) is 68.5 Å². The van der Waals surface area contributed by atoms with Crippen LogP contribution in [0.15, 0.2) is 41.3 Å². The van der Waals surface area contributed by atoms with E-state index >= 15 is 4.39 Å². The van der Waals surface area contributed by atoms with Crippen molar-refractivity contribution in [2.45, 2.75) is 74.7 Å². The maximum absolute atomic E-state index is 15.0. The lowest BCUT2D eigenvalue weighted by Gasteiger charge is -2.41. The van der Waals surface area contributed by atoms with Crippen LogP contribution in [0.2, 0.25) is 0 Å². The first-order valence-electron chi connectivity index (χ1n) is 14.6. The zero-order valence-electron chi connectivity index (χ0n) is 25.8. The quantitative estimate of drug-likeness (QED) is 0.323. The summed E-state index contributed by atoms with van der Waals surface area (Å²) in [7, 11) is -3.74. The average Bonchev–Trinajstić information content (AvgIpc) is 2.98. The highest BCUT2D eigenvalue weighted by molar-refractivity contribution is 7.92. The number of halogens is 3. The Labute approximate surface area is 264 Å². The second-order valence-corrected chi connectivity index (χ2v) is 14.5. The molecule has 1 saturated heterocycles. The van der Waals surface area contributed by atoms with Crippen LogP contribution in [0.25, 0.3) is 0 Å². The van der Waals surface area contributed by atoms with Crippen LogP contribution in [0.1, 0.15) is 63.2 Å². The zero-order chi connectivity index (χ0) is 34.1. The van der Waals surface area contributed by atoms with E-state index < -0.39 is 66.6 Å². The van der Waals surface area contributed by atoms with E-state index in [9.17, 15) is 36.7 Å². The number of ether oxygens (including phenoxy) is 3. The summed E-state index contributed by atoms with van der Waals surface area (Å²) in [6, 6.07) is 6.68. The fourth-order valence-corrected chi connectivity index (χ4v) is 6.62. The summed E-state index contributed by atoms with van der Waals surface area (Å²) in [5.41, 5.74) is -2.34. The molecular formula is C31H37F3N2O9S. The molecule has 1 heterocycles. The number of hydrogen-bond acceptors (Lipinski definition) is 8. The third kappa shape index (κ3) is 7.25. The number of carbonyl (C=O) groups is 3. The Balaban J connectivity index is 1.53. The number of benzene rings is 2. The van der Waals surface area contributed by atoms with Gasteiger partial charge < -0.3 is 30.0 Å². The van der Waals surface area contributed by atoms with Crippen LogP contribution in [0.3, 0.4) is 0 Å². The van der Waals surface area contributed by atoms with E-state index in [-0.39, 0.29) is 49.3 Å². The fourth-order valence-electron chi connectivity index (χ4n) is 5.66. The summed E-state index contributed by atoms with van der Waals surface area (Å²) in [5.74, 6) is -4.27. The fraction of sp³-hybridized carbons (Fsp3) is 0.516. The van der Waals surface area contributed by atoms with Crippen molar-refractivity contribution in [1.82, 2.24) is 5.32 Å². The lowest BCUT2D eigenvalue weighted by molar-refractivity contribution is -0.150. The molecule has 0 unspecified atom stereocenters. The summed E-state index contributed by atoms with van der Waals surface area (Å²) in [4.78, 5) is 38.0. The van der Waals surface area contributed by atoms with Gasteiger partial charge in [-0.05, 0) is 70.2 Å². The number of aliphatic carboxylic acids is 1. The van der Waals surface area contributed by atoms with Gasteiger partial charge in [-0.3, -0.25) is 14.4 Å². The molecule has 46 heavy (non-hydrogen) atoms. The minimum absolute atomic E-state index is 0.0381. The van der Waals surface area contributed by atoms with Gasteiger partial charge in [0.1, 0.15) is 5.75 Å². The molecule has 11 nitrogen and oxygen atoms in total. The number of nitrogens with one attached hydrogen (secondary N) is 2. The van der Waals surface area contributed by atoms with Crippen molar-refractivity contribution in [2.75, 3.05) is 25.6 Å². The van der Waals surface area contributed by atoms with Crippen LogP contribution in [0.4, 0.5) is 18.9 Å². The Morgan fingerprint density at radius 1 is 1.07 bits per heavy atom. The Morgan fingerprint density at radius 3 is 2.35 bits per heavy atom. The first-order chi connectivity index (χ1) is 21.4. The molecule has 3 N–H and O–H groups in total. The Kier molecular flexibility index (Phi) is 9.97. The second-order valence-electron chi connectivity index (χ2n) is 12.3. The van der Waals surface area contributed by atoms with Gasteiger partial charge in [0.05, 0.1) is 47.2 Å². The Bertz CT molecular complexity index is 1600. The normalized spacial score (nSPS) is 25.3. The summed E-state index contributed by atoms with van der Waals surface area (Å²) < 4.78 is 83.6. The molecule has 0 radical (unpaired) electrons. The Morgan fingerprint density at radius 2 is 1.74 bits per heavy atom. The number of carboxylic acids is 1. The highest BCUT2D eigenvalue weighted by Gasteiger charge is 2.45. The van der Waals surface area contributed by atoms with Crippen LogP contribution >= 0.6 is 0 Å². The van der Waals surface area contributed by atoms with Crippen molar-refractivity contribution >= 4 is 33.3 Å². The standard InChI is InChI=1S/C31H37F3N2O9S/c1-29(28(39)40)11-8-19(9-12-29)45-25-15-21(24(43-4)16-23(25)32)26(37)36-30(2)17-44-13-10-22(30)27(38)35-18-6-5-7-20(14-18)46(41,42)31(3,33)34/h5-7,14-16,19,22H,8-13,17H2,1-4H3,(H,35,38)(H,36,37)(H,39,40)/t19-,22-,29+,30+/m0/s1. The van der Waals surface area contributed by atoms with Crippen molar-refractivity contribution in [3.05, 3.63) is 47.8 Å². The van der Waals surface area contributed by atoms with Crippen molar-refractivity contribution in [2.24, 2.45) is 11.3 Å². The van der Waals surface area contributed by atoms with E-state index in [1.807, 2.05) is 0 Å². The largest absolute Gasteiger partial charge is 0.496 e. The lowest BCUT2D eigenvalue weighted by Crippen LogP contribution is -2.60. The zero-order valence-corrected chi connectivity index (χ0v) is 26.6. The molecule has 1 aliphatic heterocycles. The van der Waals surface area contributed by atoms with Crippen molar-refractivity contribution in [3.8, 4) is 11.5 Å². The van der Waals surface area contributed by atoms with E-state index in [0.717, 1.165) is 18.2 Å². The third-order valence-corrected chi connectivity index (χ3v) is 10.5. The highest BCUT2D eigenvalue weighted by atomic mass is 32.2. The van der Waals surface area contributed by atoms with E-state index in [4.69, 9.17) is 14.2 Å². The molecule has 2 aromatic carbocycles. The number of anilines is 1. The molecule has 2 aliphatic rings. The molecule has 1 saturated carbocycles. The van der Waals surface area contributed by atoms with Gasteiger partial charge in [0.2, 0.25) is 15.7 Å². The van der Waals surface area contributed by atoms with Gasteiger partial charge in [-0.2, -0.15) is 8.78 Å². The first-order valence-corrected chi connectivity index (χ1v) is 16.1. The van der Waals surface area contributed by atoms with Gasteiger partial charge in [0.25, 0.3) is 5.91 Å². The monoisotopic (exact) mass is 670 g/mol. The van der Waals surface area contributed by atoms with E-state index in [1.165, 1.54) is 25.3 Å². The molecule has 0 spiro atoms. The predicted molar refractivity (Wildman–Crippen MR) is 159 cm³/mol. The number of alkyl halides is 2. The molecule has 2 fully saturated rings. The second kappa shape index (κ2) is 13.1. The first kappa shape index (κ1) is 35.0. The molecule has 2 amide bonds. The molecule has 1 aliphatic carbocycles. The van der Waals surface area contributed by atoms with Crippen LogP contribution < -0.4 is 20.1 Å². The van der Waals surface area contributed by atoms with Crippen LogP contribution in [0, 0.1) is 17.2 Å². The van der Waals surface area contributed by atoms with Gasteiger partial charge in [-0.25, -0.2) is 12.8 Å². The van der Waals surface area contributed by atoms with E-state index in [1.54, 1.807) is 13.8 Å². The topological polar surface area (TPSA) is 157 Å². The molecule has 0 bridgehead atoms. The number of carbonyl (C=O) groups excluding carboxylic acids is 2. The maximum atomic E-state index is 15.0. The summed E-state index contributed by atoms with van der Waals surface area (Å²) in [5, 5.41) is 10.8. The lowest BCUT2D eigenvalue weighted by atomic mass is 9.75. The number of carboxylic acid groups (broad SMARTS) is 1. The summed E-state index contributed by atoms with van der Waals surface area (Å²) in [6.45, 7) is 3.56. The third-order valence-electron chi connectivity index (χ3n) is 8.67. The molecule has 2 atom stereocenters. The van der Waals surface area contributed by atoms with Gasteiger partial charge in [0.15, 0.2) is 11.6 Å². The smallest absolute Gasteiger partial charge is 0.347 e. The number of sulfone groups is 1. The summed E-state index contributed by atoms with van der Waals surface area (Å²) >= 11 is 0. The molecule has 15 heteroatoms. The van der Waals surface area contributed by atoms with Crippen LogP contribution in [-0.2, 0) is 24.2 Å². The molecular weight excluding hydrogens is 633 g/mol.